The summed E-state index contributed by atoms with van der Waals surface area (Å²) >= 11 is 9.35. The minimum atomic E-state index is 0.192. The molecule has 0 bridgehead atoms. The molecule has 0 unspecified atom stereocenters. The van der Waals surface area contributed by atoms with Crippen molar-refractivity contribution in [2.75, 3.05) is 5.32 Å². The predicted octanol–water partition coefficient (Wildman–Crippen LogP) is 4.12. The van der Waals surface area contributed by atoms with Crippen molar-refractivity contribution >= 4 is 33.2 Å². The number of halogens is 2. The smallest absolute Gasteiger partial charge is 0.122 e. The number of phenols is 1. The maximum Gasteiger partial charge on any atom is 0.122 e. The second-order valence-corrected chi connectivity index (χ2v) is 5.08. The van der Waals surface area contributed by atoms with E-state index in [1.54, 1.807) is 18.2 Å². The molecule has 5 heteroatoms. The molecule has 1 aromatic carbocycles. The zero-order valence-corrected chi connectivity index (χ0v) is 12.1. The van der Waals surface area contributed by atoms with Gasteiger partial charge in [0.1, 0.15) is 10.4 Å². The average molecular weight is 328 g/mol. The van der Waals surface area contributed by atoms with Crippen LogP contribution in [0, 0.1) is 6.92 Å². The largest absolute Gasteiger partial charge is 0.508 e. The molecule has 3 nitrogen and oxygen atoms in total. The number of anilines is 1. The third-order valence-corrected chi connectivity index (χ3v) is 3.40. The quantitative estimate of drug-likeness (QED) is 0.833. The maximum absolute atomic E-state index is 9.74. The number of rotatable bonds is 3. The number of pyridine rings is 1. The Morgan fingerprint density at radius 2 is 2.11 bits per heavy atom. The van der Waals surface area contributed by atoms with E-state index in [-0.39, 0.29) is 5.75 Å². The van der Waals surface area contributed by atoms with Crippen LogP contribution >= 0.6 is 27.5 Å². The van der Waals surface area contributed by atoms with Gasteiger partial charge in [0.05, 0.1) is 11.4 Å². The SMILES string of the molecule is Cc1nc(Br)ccc1NCc1c(O)cccc1Cl. The fraction of sp³-hybridized carbons (Fsp3) is 0.154. The second-order valence-electron chi connectivity index (χ2n) is 3.86. The summed E-state index contributed by atoms with van der Waals surface area (Å²) in [4.78, 5) is 4.29. The number of nitrogens with one attached hydrogen (secondary N) is 1. The van der Waals surface area contributed by atoms with Gasteiger partial charge in [0, 0.05) is 17.1 Å². The molecule has 0 aliphatic rings. The van der Waals surface area contributed by atoms with Crippen LogP contribution in [0.1, 0.15) is 11.3 Å². The van der Waals surface area contributed by atoms with Crippen molar-refractivity contribution in [3.8, 4) is 5.75 Å². The lowest BCUT2D eigenvalue weighted by Gasteiger charge is -2.11. The number of aryl methyl sites for hydroxylation is 1. The van der Waals surface area contributed by atoms with Gasteiger partial charge in [0.2, 0.25) is 0 Å². The highest BCUT2D eigenvalue weighted by molar-refractivity contribution is 9.10. The zero-order chi connectivity index (χ0) is 13.1. The van der Waals surface area contributed by atoms with Crippen LogP contribution in [0.25, 0.3) is 0 Å². The van der Waals surface area contributed by atoms with E-state index in [1.165, 1.54) is 0 Å². The van der Waals surface area contributed by atoms with Gasteiger partial charge in [-0.05, 0) is 47.1 Å². The minimum Gasteiger partial charge on any atom is -0.508 e. The van der Waals surface area contributed by atoms with Gasteiger partial charge in [-0.15, -0.1) is 0 Å². The van der Waals surface area contributed by atoms with Crippen molar-refractivity contribution in [2.24, 2.45) is 0 Å². The Kier molecular flexibility index (Phi) is 4.09. The van der Waals surface area contributed by atoms with Gasteiger partial charge in [-0.25, -0.2) is 4.98 Å². The number of nitrogens with zero attached hydrogens (tertiary/aromatic N) is 1. The summed E-state index contributed by atoms with van der Waals surface area (Å²) in [5, 5.41) is 13.5. The lowest BCUT2D eigenvalue weighted by molar-refractivity contribution is 0.469. The number of aromatic nitrogens is 1. The molecule has 2 N–H and O–H groups in total. The Labute approximate surface area is 119 Å². The number of benzene rings is 1. The third-order valence-electron chi connectivity index (χ3n) is 2.60. The van der Waals surface area contributed by atoms with Gasteiger partial charge in [0.15, 0.2) is 0 Å². The fourth-order valence-corrected chi connectivity index (χ4v) is 2.26. The van der Waals surface area contributed by atoms with Crippen molar-refractivity contribution < 1.29 is 5.11 Å². The molecule has 1 heterocycles. The minimum absolute atomic E-state index is 0.192. The summed E-state index contributed by atoms with van der Waals surface area (Å²) in [6.07, 6.45) is 0. The van der Waals surface area contributed by atoms with Crippen LogP contribution in [0.4, 0.5) is 5.69 Å². The molecule has 2 rings (SSSR count). The number of hydrogen-bond donors (Lipinski definition) is 2. The van der Waals surface area contributed by atoms with E-state index in [9.17, 15) is 5.11 Å². The molecule has 0 amide bonds. The highest BCUT2D eigenvalue weighted by Gasteiger charge is 2.07. The molecule has 18 heavy (non-hydrogen) atoms. The molecule has 0 aliphatic heterocycles. The van der Waals surface area contributed by atoms with E-state index in [0.29, 0.717) is 17.1 Å². The number of phenolic OH excluding ortho intramolecular Hbond substituents is 1. The van der Waals surface area contributed by atoms with Gasteiger partial charge in [0.25, 0.3) is 0 Å². The van der Waals surface area contributed by atoms with Crippen LogP contribution in [0.15, 0.2) is 34.9 Å². The normalized spacial score (nSPS) is 10.4. The molecule has 0 spiro atoms. The van der Waals surface area contributed by atoms with E-state index in [0.717, 1.165) is 16.0 Å². The lowest BCUT2D eigenvalue weighted by atomic mass is 10.2. The molecular weight excluding hydrogens is 316 g/mol. The molecule has 2 aromatic rings. The summed E-state index contributed by atoms with van der Waals surface area (Å²) in [5.74, 6) is 0.192. The molecule has 0 saturated carbocycles. The molecule has 0 atom stereocenters. The van der Waals surface area contributed by atoms with Gasteiger partial charge in [-0.3, -0.25) is 0 Å². The van der Waals surface area contributed by atoms with Gasteiger partial charge in [-0.1, -0.05) is 17.7 Å². The Morgan fingerprint density at radius 1 is 1.33 bits per heavy atom. The standard InChI is InChI=1S/C13H12BrClN2O/c1-8-11(5-6-13(14)17-8)16-7-9-10(15)3-2-4-12(9)18/h2-6,16,18H,7H2,1H3. The Bertz CT molecular complexity index is 555. The van der Waals surface area contributed by atoms with Gasteiger partial charge < -0.3 is 10.4 Å². The lowest BCUT2D eigenvalue weighted by Crippen LogP contribution is -2.03. The topological polar surface area (TPSA) is 45.2 Å². The van der Waals surface area contributed by atoms with E-state index in [2.05, 4.69) is 26.2 Å². The summed E-state index contributed by atoms with van der Waals surface area (Å²) in [5.41, 5.74) is 2.48. The summed E-state index contributed by atoms with van der Waals surface area (Å²) in [7, 11) is 0. The summed E-state index contributed by atoms with van der Waals surface area (Å²) < 4.78 is 0.797. The summed E-state index contributed by atoms with van der Waals surface area (Å²) in [6, 6.07) is 8.89. The molecule has 0 radical (unpaired) electrons. The van der Waals surface area contributed by atoms with Crippen molar-refractivity contribution in [3.63, 3.8) is 0 Å². The zero-order valence-electron chi connectivity index (χ0n) is 9.74. The Morgan fingerprint density at radius 3 is 2.78 bits per heavy atom. The van der Waals surface area contributed by atoms with Crippen molar-refractivity contribution in [1.82, 2.24) is 4.98 Å². The molecule has 0 fully saturated rings. The maximum atomic E-state index is 9.74. The van der Waals surface area contributed by atoms with Crippen LogP contribution in [0.5, 0.6) is 5.75 Å². The highest BCUT2D eigenvalue weighted by Crippen LogP contribution is 2.26. The van der Waals surface area contributed by atoms with Crippen LogP contribution < -0.4 is 5.32 Å². The second kappa shape index (κ2) is 5.59. The van der Waals surface area contributed by atoms with Crippen LogP contribution in [0.3, 0.4) is 0 Å². The van der Waals surface area contributed by atoms with E-state index in [1.807, 2.05) is 19.1 Å². The number of hydrogen-bond acceptors (Lipinski definition) is 3. The van der Waals surface area contributed by atoms with Gasteiger partial charge >= 0.3 is 0 Å². The van der Waals surface area contributed by atoms with Gasteiger partial charge in [-0.2, -0.15) is 0 Å². The molecule has 0 aliphatic carbocycles. The first kappa shape index (κ1) is 13.2. The van der Waals surface area contributed by atoms with E-state index < -0.39 is 0 Å². The van der Waals surface area contributed by atoms with Crippen molar-refractivity contribution in [2.45, 2.75) is 13.5 Å². The molecular formula is C13H12BrClN2O. The van der Waals surface area contributed by atoms with E-state index >= 15 is 0 Å². The first-order valence-corrected chi connectivity index (χ1v) is 6.58. The summed E-state index contributed by atoms with van der Waals surface area (Å²) in [6.45, 7) is 2.37. The van der Waals surface area contributed by atoms with Crippen LogP contribution in [-0.4, -0.2) is 10.1 Å². The Balaban J connectivity index is 2.16. The van der Waals surface area contributed by atoms with Crippen LogP contribution in [0.2, 0.25) is 5.02 Å². The van der Waals surface area contributed by atoms with E-state index in [4.69, 9.17) is 11.6 Å². The first-order valence-electron chi connectivity index (χ1n) is 5.41. The Hall–Kier alpha value is -1.26. The highest BCUT2D eigenvalue weighted by atomic mass is 79.9. The number of aromatic hydroxyl groups is 1. The molecule has 94 valence electrons. The predicted molar refractivity (Wildman–Crippen MR) is 77.1 cm³/mol. The first-order chi connectivity index (χ1) is 8.58. The van der Waals surface area contributed by atoms with Crippen molar-refractivity contribution in [1.29, 1.82) is 0 Å². The van der Waals surface area contributed by atoms with Crippen molar-refractivity contribution in [3.05, 3.63) is 51.2 Å². The molecule has 1 aromatic heterocycles. The average Bonchev–Trinajstić information content (AvgIpc) is 2.31. The third kappa shape index (κ3) is 2.94. The van der Waals surface area contributed by atoms with Crippen LogP contribution in [-0.2, 0) is 6.54 Å². The monoisotopic (exact) mass is 326 g/mol. The fourth-order valence-electron chi connectivity index (χ4n) is 1.62. The molecule has 0 saturated heterocycles.